The fourth-order valence-electron chi connectivity index (χ4n) is 2.01. The zero-order chi connectivity index (χ0) is 15.4. The van der Waals surface area contributed by atoms with Gasteiger partial charge in [0.1, 0.15) is 0 Å². The van der Waals surface area contributed by atoms with Gasteiger partial charge in [0.25, 0.3) is 0 Å². The molecule has 108 valence electrons. The molecule has 0 fully saturated rings. The van der Waals surface area contributed by atoms with Gasteiger partial charge in [0.05, 0.1) is 5.69 Å². The molecule has 3 N–H and O–H groups in total. The predicted molar refractivity (Wildman–Crippen MR) is 84.2 cm³/mol. The largest absolute Gasteiger partial charge is 0.399 e. The van der Waals surface area contributed by atoms with Gasteiger partial charge in [-0.05, 0) is 42.8 Å². The van der Waals surface area contributed by atoms with Gasteiger partial charge in [0.2, 0.25) is 5.91 Å². The third-order valence-electron chi connectivity index (χ3n) is 2.92. The van der Waals surface area contributed by atoms with Crippen molar-refractivity contribution in [1.29, 1.82) is 0 Å². The van der Waals surface area contributed by atoms with Crippen LogP contribution in [0.1, 0.15) is 12.5 Å². The van der Waals surface area contributed by atoms with Crippen molar-refractivity contribution in [3.05, 3.63) is 54.1 Å². The molecule has 0 spiro atoms. The molecule has 3 amide bonds. The number of imide groups is 1. The number of aryl methyl sites for hydroxylation is 1. The lowest BCUT2D eigenvalue weighted by atomic mass is 10.2. The highest BCUT2D eigenvalue weighted by molar-refractivity contribution is 6.17. The summed E-state index contributed by atoms with van der Waals surface area (Å²) in [4.78, 5) is 25.2. The number of rotatable bonds is 2. The van der Waals surface area contributed by atoms with E-state index in [1.807, 2.05) is 25.1 Å². The Morgan fingerprint density at radius 2 is 1.81 bits per heavy atom. The second kappa shape index (κ2) is 6.09. The molecule has 0 aliphatic rings. The molecular weight excluding hydrogens is 266 g/mol. The summed E-state index contributed by atoms with van der Waals surface area (Å²) in [5, 5.41) is 2.71. The van der Waals surface area contributed by atoms with E-state index < -0.39 is 6.03 Å². The lowest BCUT2D eigenvalue weighted by Gasteiger charge is -2.20. The summed E-state index contributed by atoms with van der Waals surface area (Å²) in [5.74, 6) is -0.384. The van der Waals surface area contributed by atoms with E-state index in [9.17, 15) is 9.59 Å². The van der Waals surface area contributed by atoms with Crippen LogP contribution in [0.3, 0.4) is 0 Å². The van der Waals surface area contributed by atoms with Gasteiger partial charge in [-0.3, -0.25) is 4.79 Å². The quantitative estimate of drug-likeness (QED) is 0.831. The molecule has 0 bridgehead atoms. The van der Waals surface area contributed by atoms with Crippen molar-refractivity contribution in [2.45, 2.75) is 13.8 Å². The number of nitrogens with two attached hydrogens (primary N) is 1. The van der Waals surface area contributed by atoms with Crippen LogP contribution in [-0.2, 0) is 4.79 Å². The molecule has 5 nitrogen and oxygen atoms in total. The van der Waals surface area contributed by atoms with Crippen molar-refractivity contribution >= 4 is 29.0 Å². The summed E-state index contributed by atoms with van der Waals surface area (Å²) in [6, 6.07) is 13.5. The molecule has 0 aliphatic carbocycles. The first-order chi connectivity index (χ1) is 9.97. The van der Waals surface area contributed by atoms with Crippen LogP contribution in [0, 0.1) is 6.92 Å². The standard InChI is InChI=1S/C16H17N3O2/c1-11-5-3-7-14(9-11)18-16(21)19(12(2)20)15-8-4-6-13(17)10-15/h3-10H,17H2,1-2H3,(H,18,21). The number of urea groups is 1. The van der Waals surface area contributed by atoms with E-state index >= 15 is 0 Å². The Morgan fingerprint density at radius 3 is 2.43 bits per heavy atom. The Balaban J connectivity index is 2.26. The number of nitrogens with zero attached hydrogens (tertiary/aromatic N) is 1. The maximum absolute atomic E-state index is 12.3. The number of carbonyl (C=O) groups is 2. The van der Waals surface area contributed by atoms with Crippen LogP contribution in [0.4, 0.5) is 21.9 Å². The Hall–Kier alpha value is -2.82. The van der Waals surface area contributed by atoms with E-state index in [1.165, 1.54) is 6.92 Å². The average Bonchev–Trinajstić information content (AvgIpc) is 2.38. The van der Waals surface area contributed by atoms with Gasteiger partial charge < -0.3 is 11.1 Å². The first kappa shape index (κ1) is 14.6. The van der Waals surface area contributed by atoms with Crippen molar-refractivity contribution in [2.75, 3.05) is 16.0 Å². The monoisotopic (exact) mass is 283 g/mol. The molecule has 2 aromatic rings. The highest BCUT2D eigenvalue weighted by Crippen LogP contribution is 2.19. The van der Waals surface area contributed by atoms with Gasteiger partial charge in [0, 0.05) is 18.3 Å². The summed E-state index contributed by atoms with van der Waals surface area (Å²) < 4.78 is 0. The lowest BCUT2D eigenvalue weighted by Crippen LogP contribution is -2.38. The minimum atomic E-state index is -0.515. The van der Waals surface area contributed by atoms with Crippen LogP contribution >= 0.6 is 0 Å². The molecule has 0 saturated heterocycles. The van der Waals surface area contributed by atoms with Crippen molar-refractivity contribution in [1.82, 2.24) is 0 Å². The van der Waals surface area contributed by atoms with Gasteiger partial charge in [-0.15, -0.1) is 0 Å². The molecule has 0 aliphatic heterocycles. The molecule has 21 heavy (non-hydrogen) atoms. The van der Waals surface area contributed by atoms with Crippen LogP contribution < -0.4 is 16.0 Å². The number of carbonyl (C=O) groups excluding carboxylic acids is 2. The van der Waals surface area contributed by atoms with Crippen LogP contribution in [0.2, 0.25) is 0 Å². The van der Waals surface area contributed by atoms with Gasteiger partial charge in [0.15, 0.2) is 0 Å². The minimum Gasteiger partial charge on any atom is -0.399 e. The number of nitrogen functional groups attached to an aromatic ring is 1. The number of amides is 3. The molecular formula is C16H17N3O2. The predicted octanol–water partition coefficient (Wildman–Crippen LogP) is 3.16. The smallest absolute Gasteiger partial charge is 0.333 e. The van der Waals surface area contributed by atoms with Crippen molar-refractivity contribution in [2.24, 2.45) is 0 Å². The summed E-state index contributed by atoms with van der Waals surface area (Å²) >= 11 is 0. The average molecular weight is 283 g/mol. The van der Waals surface area contributed by atoms with Crippen LogP contribution in [-0.4, -0.2) is 11.9 Å². The number of hydrogen-bond donors (Lipinski definition) is 2. The minimum absolute atomic E-state index is 0.384. The van der Waals surface area contributed by atoms with E-state index in [0.717, 1.165) is 10.5 Å². The number of anilines is 3. The van der Waals surface area contributed by atoms with E-state index in [1.54, 1.807) is 30.3 Å². The van der Waals surface area contributed by atoms with Crippen LogP contribution in [0.5, 0.6) is 0 Å². The van der Waals surface area contributed by atoms with Gasteiger partial charge >= 0.3 is 6.03 Å². The number of benzene rings is 2. The highest BCUT2D eigenvalue weighted by Gasteiger charge is 2.20. The van der Waals surface area contributed by atoms with Crippen LogP contribution in [0.15, 0.2) is 48.5 Å². The molecule has 0 unspecified atom stereocenters. The Kier molecular flexibility index (Phi) is 4.23. The SMILES string of the molecule is CC(=O)N(C(=O)Nc1cccc(C)c1)c1cccc(N)c1. The fraction of sp³-hybridized carbons (Fsp3) is 0.125. The zero-order valence-electron chi connectivity index (χ0n) is 12.0. The third-order valence-corrected chi connectivity index (χ3v) is 2.92. The summed E-state index contributed by atoms with van der Waals surface area (Å²) in [7, 11) is 0. The molecule has 0 aromatic heterocycles. The van der Waals surface area contributed by atoms with E-state index in [0.29, 0.717) is 17.1 Å². The summed E-state index contributed by atoms with van der Waals surface area (Å²) in [6.07, 6.45) is 0. The van der Waals surface area contributed by atoms with E-state index in [2.05, 4.69) is 5.32 Å². The maximum atomic E-state index is 12.3. The molecule has 0 heterocycles. The Labute approximate surface area is 123 Å². The summed E-state index contributed by atoms with van der Waals surface area (Å²) in [6.45, 7) is 3.26. The van der Waals surface area contributed by atoms with Crippen molar-refractivity contribution in [3.8, 4) is 0 Å². The first-order valence-corrected chi connectivity index (χ1v) is 6.51. The number of nitrogens with one attached hydrogen (secondary N) is 1. The second-order valence-electron chi connectivity index (χ2n) is 4.75. The van der Waals surface area contributed by atoms with Gasteiger partial charge in [-0.25, -0.2) is 9.69 Å². The van der Waals surface area contributed by atoms with E-state index in [-0.39, 0.29) is 5.91 Å². The first-order valence-electron chi connectivity index (χ1n) is 6.51. The van der Waals surface area contributed by atoms with Gasteiger partial charge in [-0.2, -0.15) is 0 Å². The fourth-order valence-corrected chi connectivity index (χ4v) is 2.01. The van der Waals surface area contributed by atoms with Gasteiger partial charge in [-0.1, -0.05) is 18.2 Å². The molecule has 5 heteroatoms. The lowest BCUT2D eigenvalue weighted by molar-refractivity contribution is -0.115. The Morgan fingerprint density at radius 1 is 1.10 bits per heavy atom. The molecule has 0 radical (unpaired) electrons. The summed E-state index contributed by atoms with van der Waals surface area (Å²) in [5.41, 5.74) is 8.28. The van der Waals surface area contributed by atoms with E-state index in [4.69, 9.17) is 5.73 Å². The number of hydrogen-bond acceptors (Lipinski definition) is 3. The molecule has 0 saturated carbocycles. The third kappa shape index (κ3) is 3.60. The topological polar surface area (TPSA) is 75.4 Å². The van der Waals surface area contributed by atoms with Crippen LogP contribution in [0.25, 0.3) is 0 Å². The molecule has 2 aromatic carbocycles. The molecule has 2 rings (SSSR count). The van der Waals surface area contributed by atoms with Crippen molar-refractivity contribution < 1.29 is 9.59 Å². The molecule has 0 atom stereocenters. The van der Waals surface area contributed by atoms with Crippen molar-refractivity contribution in [3.63, 3.8) is 0 Å². The Bertz CT molecular complexity index is 683. The second-order valence-corrected chi connectivity index (χ2v) is 4.75. The maximum Gasteiger partial charge on any atom is 0.333 e. The zero-order valence-corrected chi connectivity index (χ0v) is 12.0. The normalized spacial score (nSPS) is 10.0. The highest BCUT2D eigenvalue weighted by atomic mass is 16.2.